The van der Waals surface area contributed by atoms with Crippen LogP contribution >= 0.6 is 0 Å². The Morgan fingerprint density at radius 3 is 2.70 bits per heavy atom. The minimum absolute atomic E-state index is 0.132. The van der Waals surface area contributed by atoms with E-state index >= 15 is 0 Å². The van der Waals surface area contributed by atoms with Gasteiger partial charge in [-0.1, -0.05) is 18.2 Å². The van der Waals surface area contributed by atoms with Crippen molar-refractivity contribution in [1.29, 1.82) is 0 Å². The second kappa shape index (κ2) is 7.78. The first-order valence-electron chi connectivity index (χ1n) is 7.37. The summed E-state index contributed by atoms with van der Waals surface area (Å²) in [5.74, 6) is -0.910. The van der Waals surface area contributed by atoms with Gasteiger partial charge in [-0.15, -0.1) is 0 Å². The first-order valence-corrected chi connectivity index (χ1v) is 7.37. The molecule has 0 spiro atoms. The number of rotatable bonds is 7. The van der Waals surface area contributed by atoms with Crippen molar-refractivity contribution in [2.75, 3.05) is 26.0 Å². The van der Waals surface area contributed by atoms with E-state index in [0.717, 1.165) is 6.54 Å². The molecule has 0 aliphatic carbocycles. The fourth-order valence-corrected chi connectivity index (χ4v) is 2.41. The minimum Gasteiger partial charge on any atom is -0.350 e. The highest BCUT2D eigenvalue weighted by atomic mass is 19.1. The van der Waals surface area contributed by atoms with Crippen LogP contribution < -0.4 is 5.32 Å². The summed E-state index contributed by atoms with van der Waals surface area (Å²) >= 11 is 0. The number of anilines is 1. The normalized spacial score (nSPS) is 13.6. The van der Waals surface area contributed by atoms with E-state index < -0.39 is 11.7 Å². The van der Waals surface area contributed by atoms with Gasteiger partial charge in [-0.05, 0) is 33.2 Å². The van der Waals surface area contributed by atoms with Gasteiger partial charge in [0, 0.05) is 24.3 Å². The number of aromatic nitrogens is 2. The Labute approximate surface area is 135 Å². The quantitative estimate of drug-likeness (QED) is 0.849. The van der Waals surface area contributed by atoms with Gasteiger partial charge in [0.05, 0.1) is 11.6 Å². The minimum atomic E-state index is -0.871. The molecule has 23 heavy (non-hydrogen) atoms. The Balaban J connectivity index is 2.24. The number of nitrogens with one attached hydrogen (secondary N) is 1. The molecule has 0 amide bonds. The van der Waals surface area contributed by atoms with Gasteiger partial charge in [0.2, 0.25) is 12.2 Å². The summed E-state index contributed by atoms with van der Waals surface area (Å²) in [6.07, 6.45) is 3.43. The maximum Gasteiger partial charge on any atom is 0.223 e. The average Bonchev–Trinajstić information content (AvgIpc) is 2.49. The highest BCUT2D eigenvalue weighted by molar-refractivity contribution is 5.68. The molecule has 0 aliphatic heterocycles. The number of carbonyl (C=O) groups excluding carboxylic acids is 1. The van der Waals surface area contributed by atoms with Gasteiger partial charge in [0.15, 0.2) is 0 Å². The van der Waals surface area contributed by atoms with Crippen molar-refractivity contribution in [1.82, 2.24) is 14.9 Å². The van der Waals surface area contributed by atoms with Gasteiger partial charge < -0.3 is 10.2 Å². The molecule has 0 bridgehead atoms. The molecule has 1 N–H and O–H groups in total. The van der Waals surface area contributed by atoms with Crippen LogP contribution in [-0.2, 0) is 4.79 Å². The number of likely N-dealkylation sites (N-methyl/N-ethyl adjacent to an activating group) is 1. The van der Waals surface area contributed by atoms with E-state index in [1.165, 1.54) is 6.07 Å². The zero-order valence-electron chi connectivity index (χ0n) is 13.5. The number of benzene rings is 1. The highest BCUT2D eigenvalue weighted by Gasteiger charge is 2.20. The Morgan fingerprint density at radius 2 is 2.04 bits per heavy atom. The first kappa shape index (κ1) is 17.0. The van der Waals surface area contributed by atoms with Crippen LogP contribution in [0.5, 0.6) is 0 Å². The molecule has 2 rings (SSSR count). The molecule has 1 radical (unpaired) electrons. The lowest BCUT2D eigenvalue weighted by atomic mass is 9.96. The van der Waals surface area contributed by atoms with Gasteiger partial charge in [0.25, 0.3) is 0 Å². The second-order valence-corrected chi connectivity index (χ2v) is 5.69. The monoisotopic (exact) mass is 315 g/mol. The molecular weight excluding hydrogens is 295 g/mol. The summed E-state index contributed by atoms with van der Waals surface area (Å²) in [7, 11) is 3.95. The average molecular weight is 315 g/mol. The number of halogens is 1. The number of hydrogen-bond acceptors (Lipinski definition) is 5. The molecule has 2 unspecified atom stereocenters. The summed E-state index contributed by atoms with van der Waals surface area (Å²) < 4.78 is 13.9. The first-order chi connectivity index (χ1) is 11.0. The molecule has 0 saturated heterocycles. The Kier molecular flexibility index (Phi) is 5.76. The smallest absolute Gasteiger partial charge is 0.223 e. The zero-order valence-corrected chi connectivity index (χ0v) is 13.5. The van der Waals surface area contributed by atoms with Gasteiger partial charge in [-0.25, -0.2) is 14.4 Å². The molecular formula is C17H20FN4O. The summed E-state index contributed by atoms with van der Waals surface area (Å²) in [6, 6.07) is 7.88. The van der Waals surface area contributed by atoms with Gasteiger partial charge in [0.1, 0.15) is 5.82 Å². The van der Waals surface area contributed by atoms with Crippen LogP contribution in [0.1, 0.15) is 24.1 Å². The zero-order chi connectivity index (χ0) is 16.8. The van der Waals surface area contributed by atoms with Crippen LogP contribution in [0.4, 0.5) is 10.3 Å². The van der Waals surface area contributed by atoms with Crippen molar-refractivity contribution in [2.45, 2.75) is 18.9 Å². The van der Waals surface area contributed by atoms with Crippen LogP contribution in [-0.4, -0.2) is 47.8 Å². The third kappa shape index (κ3) is 4.56. The Bertz CT molecular complexity index is 663. The molecule has 2 aromatic rings. The van der Waals surface area contributed by atoms with Crippen molar-refractivity contribution < 1.29 is 9.18 Å². The topological polar surface area (TPSA) is 58.1 Å². The van der Waals surface area contributed by atoms with E-state index in [4.69, 9.17) is 0 Å². The Morgan fingerprint density at radius 1 is 1.30 bits per heavy atom. The molecule has 6 heteroatoms. The standard InChI is InChI=1S/C17H20FN4O/c1-12(10-22(2)3)20-17-19-9-8-16(21-17)14(11-23)13-6-4-5-7-15(13)18/h4-9,12,14H,10H2,1-3H3,(H,19,20,21). The van der Waals surface area contributed by atoms with E-state index in [1.54, 1.807) is 30.5 Å². The highest BCUT2D eigenvalue weighted by Crippen LogP contribution is 2.24. The lowest BCUT2D eigenvalue weighted by molar-refractivity contribution is 0.391. The molecule has 0 aliphatic rings. The van der Waals surface area contributed by atoms with E-state index in [2.05, 4.69) is 15.3 Å². The summed E-state index contributed by atoms with van der Waals surface area (Å²) in [5, 5.41) is 3.17. The fraction of sp³-hybridized carbons (Fsp3) is 0.353. The summed E-state index contributed by atoms with van der Waals surface area (Å²) in [6.45, 7) is 2.82. The number of nitrogens with zero attached hydrogens (tertiary/aromatic N) is 3. The Hall–Kier alpha value is -2.34. The summed E-state index contributed by atoms with van der Waals surface area (Å²) in [4.78, 5) is 21.9. The van der Waals surface area contributed by atoms with Gasteiger partial charge >= 0.3 is 0 Å². The molecule has 121 valence electrons. The maximum absolute atomic E-state index is 13.9. The van der Waals surface area contributed by atoms with E-state index in [0.29, 0.717) is 11.6 Å². The molecule has 2 atom stereocenters. The van der Waals surface area contributed by atoms with Crippen LogP contribution in [0.15, 0.2) is 36.5 Å². The maximum atomic E-state index is 13.9. The molecule has 5 nitrogen and oxygen atoms in total. The number of hydrogen-bond donors (Lipinski definition) is 1. The second-order valence-electron chi connectivity index (χ2n) is 5.69. The van der Waals surface area contributed by atoms with Crippen molar-refractivity contribution in [3.63, 3.8) is 0 Å². The third-order valence-corrected chi connectivity index (χ3v) is 3.32. The molecule has 1 aromatic carbocycles. The largest absolute Gasteiger partial charge is 0.350 e. The van der Waals surface area contributed by atoms with E-state index in [-0.39, 0.29) is 11.6 Å². The fourth-order valence-electron chi connectivity index (χ4n) is 2.41. The SMILES string of the molecule is CC(CN(C)C)Nc1nccc(C([C]=O)c2ccccc2F)n1. The van der Waals surface area contributed by atoms with Crippen molar-refractivity contribution in [3.05, 3.63) is 53.6 Å². The van der Waals surface area contributed by atoms with Crippen LogP contribution in [0, 0.1) is 5.82 Å². The molecule has 1 heterocycles. The molecule has 0 saturated carbocycles. The van der Waals surface area contributed by atoms with Crippen molar-refractivity contribution >= 4 is 12.2 Å². The van der Waals surface area contributed by atoms with E-state index in [1.807, 2.05) is 32.2 Å². The predicted octanol–water partition coefficient (Wildman–Crippen LogP) is 2.22. The van der Waals surface area contributed by atoms with Gasteiger partial charge in [-0.3, -0.25) is 4.79 Å². The van der Waals surface area contributed by atoms with Crippen LogP contribution in [0.25, 0.3) is 0 Å². The van der Waals surface area contributed by atoms with Crippen LogP contribution in [0.2, 0.25) is 0 Å². The van der Waals surface area contributed by atoms with E-state index in [9.17, 15) is 9.18 Å². The lowest BCUT2D eigenvalue weighted by Crippen LogP contribution is -2.30. The van der Waals surface area contributed by atoms with Gasteiger partial charge in [-0.2, -0.15) is 0 Å². The predicted molar refractivity (Wildman–Crippen MR) is 87.6 cm³/mol. The molecule has 1 aromatic heterocycles. The summed E-state index contributed by atoms with van der Waals surface area (Å²) in [5.41, 5.74) is 0.674. The third-order valence-electron chi connectivity index (χ3n) is 3.32. The molecule has 0 fully saturated rings. The van der Waals surface area contributed by atoms with Crippen molar-refractivity contribution in [3.8, 4) is 0 Å². The van der Waals surface area contributed by atoms with Crippen LogP contribution in [0.3, 0.4) is 0 Å². The van der Waals surface area contributed by atoms with Crippen molar-refractivity contribution in [2.24, 2.45) is 0 Å². The lowest BCUT2D eigenvalue weighted by Gasteiger charge is -2.19.